The first kappa shape index (κ1) is 12.5. The van der Waals surface area contributed by atoms with Crippen LogP contribution in [0.2, 0.25) is 0 Å². The van der Waals surface area contributed by atoms with Crippen molar-refractivity contribution < 1.29 is 4.39 Å². The molecule has 2 heterocycles. The number of pyridine rings is 1. The van der Waals surface area contributed by atoms with Gasteiger partial charge in [0.05, 0.1) is 5.69 Å². The normalized spacial score (nSPS) is 10.8. The summed E-state index contributed by atoms with van der Waals surface area (Å²) in [6.07, 6.45) is 1.71. The second-order valence-electron chi connectivity index (χ2n) is 4.43. The molecule has 4 nitrogen and oxygen atoms in total. The van der Waals surface area contributed by atoms with E-state index in [0.717, 1.165) is 10.8 Å². The van der Waals surface area contributed by atoms with Gasteiger partial charge in [0.15, 0.2) is 17.5 Å². The molecule has 0 fully saturated rings. The van der Waals surface area contributed by atoms with Crippen molar-refractivity contribution in [1.29, 1.82) is 0 Å². The van der Waals surface area contributed by atoms with Crippen LogP contribution in [-0.2, 0) is 0 Å². The van der Waals surface area contributed by atoms with E-state index in [0.29, 0.717) is 17.2 Å². The highest BCUT2D eigenvalue weighted by molar-refractivity contribution is 5.92. The quantitative estimate of drug-likeness (QED) is 0.775. The number of halogens is 1. The summed E-state index contributed by atoms with van der Waals surface area (Å²) in [5.41, 5.74) is 0.955. The van der Waals surface area contributed by atoms with Gasteiger partial charge in [0.25, 0.3) is 0 Å². The number of nitrogens with zero attached hydrogens (tertiary/aromatic N) is 3. The van der Waals surface area contributed by atoms with Gasteiger partial charge in [-0.15, -0.1) is 0 Å². The van der Waals surface area contributed by atoms with E-state index in [1.807, 2.05) is 30.3 Å². The molecule has 0 spiro atoms. The van der Waals surface area contributed by atoms with Crippen LogP contribution in [0.15, 0.2) is 36.5 Å². The van der Waals surface area contributed by atoms with Gasteiger partial charge in [-0.1, -0.05) is 24.3 Å². The SMILES string of the molecule is CNc1nc(-c2nccc3ccccc23)nc(C)c1F. The van der Waals surface area contributed by atoms with Crippen LogP contribution < -0.4 is 5.32 Å². The Bertz CT molecular complexity index is 781. The standard InChI is InChI=1S/C15H13FN4/c1-9-12(16)14(17-2)20-15(19-9)13-11-6-4-3-5-10(11)7-8-18-13/h3-8H,1-2H3,(H,17,19,20). The van der Waals surface area contributed by atoms with Crippen LogP contribution >= 0.6 is 0 Å². The molecule has 0 aliphatic carbocycles. The summed E-state index contributed by atoms with van der Waals surface area (Å²) >= 11 is 0. The smallest absolute Gasteiger partial charge is 0.186 e. The number of fused-ring (bicyclic) bond motifs is 1. The molecule has 100 valence electrons. The zero-order valence-electron chi connectivity index (χ0n) is 11.2. The molecule has 3 rings (SSSR count). The Morgan fingerprint density at radius 3 is 2.70 bits per heavy atom. The molecular formula is C15H13FN4. The van der Waals surface area contributed by atoms with E-state index in [4.69, 9.17) is 0 Å². The van der Waals surface area contributed by atoms with Gasteiger partial charge in [-0.3, -0.25) is 4.98 Å². The lowest BCUT2D eigenvalue weighted by Crippen LogP contribution is -2.04. The van der Waals surface area contributed by atoms with Gasteiger partial charge in [-0.2, -0.15) is 0 Å². The number of aryl methyl sites for hydroxylation is 1. The monoisotopic (exact) mass is 268 g/mol. The van der Waals surface area contributed by atoms with Gasteiger partial charge in [-0.05, 0) is 18.4 Å². The molecule has 1 N–H and O–H groups in total. The summed E-state index contributed by atoms with van der Waals surface area (Å²) in [6.45, 7) is 1.62. The number of rotatable bonds is 2. The summed E-state index contributed by atoms with van der Waals surface area (Å²) in [5, 5.41) is 4.74. The second-order valence-corrected chi connectivity index (χ2v) is 4.43. The largest absolute Gasteiger partial charge is 0.371 e. The maximum atomic E-state index is 13.8. The average molecular weight is 268 g/mol. The molecule has 20 heavy (non-hydrogen) atoms. The molecule has 0 radical (unpaired) electrons. The fourth-order valence-corrected chi connectivity index (χ4v) is 2.13. The average Bonchev–Trinajstić information content (AvgIpc) is 2.49. The molecule has 0 unspecified atom stereocenters. The molecule has 0 aliphatic heterocycles. The lowest BCUT2D eigenvalue weighted by molar-refractivity contribution is 0.607. The van der Waals surface area contributed by atoms with Crippen LogP contribution in [0.5, 0.6) is 0 Å². The highest BCUT2D eigenvalue weighted by atomic mass is 19.1. The Hall–Kier alpha value is -2.56. The summed E-state index contributed by atoms with van der Waals surface area (Å²) < 4.78 is 13.8. The number of anilines is 1. The van der Waals surface area contributed by atoms with Crippen molar-refractivity contribution in [3.05, 3.63) is 48.0 Å². The summed E-state index contributed by atoms with van der Waals surface area (Å²) in [5.74, 6) is 0.170. The van der Waals surface area contributed by atoms with E-state index in [9.17, 15) is 4.39 Å². The molecule has 0 saturated carbocycles. The van der Waals surface area contributed by atoms with Crippen molar-refractivity contribution in [2.24, 2.45) is 0 Å². The van der Waals surface area contributed by atoms with Gasteiger partial charge in [0, 0.05) is 18.6 Å². The number of nitrogens with one attached hydrogen (secondary N) is 1. The number of hydrogen-bond acceptors (Lipinski definition) is 4. The Labute approximate surface area is 115 Å². The molecule has 0 aliphatic rings. The fraction of sp³-hybridized carbons (Fsp3) is 0.133. The highest BCUT2D eigenvalue weighted by Gasteiger charge is 2.14. The van der Waals surface area contributed by atoms with E-state index < -0.39 is 5.82 Å². The Morgan fingerprint density at radius 2 is 1.90 bits per heavy atom. The minimum absolute atomic E-state index is 0.183. The lowest BCUT2D eigenvalue weighted by Gasteiger charge is -2.08. The van der Waals surface area contributed by atoms with Crippen LogP contribution in [0.25, 0.3) is 22.3 Å². The molecule has 2 aromatic heterocycles. The summed E-state index contributed by atoms with van der Waals surface area (Å²) in [4.78, 5) is 12.8. The van der Waals surface area contributed by atoms with Crippen molar-refractivity contribution >= 4 is 16.6 Å². The van der Waals surface area contributed by atoms with Crippen molar-refractivity contribution in [3.8, 4) is 11.5 Å². The molecule has 1 aromatic carbocycles. The number of benzene rings is 1. The third-order valence-electron chi connectivity index (χ3n) is 3.14. The fourth-order valence-electron chi connectivity index (χ4n) is 2.13. The predicted molar refractivity (Wildman–Crippen MR) is 77.0 cm³/mol. The topological polar surface area (TPSA) is 50.7 Å². The Morgan fingerprint density at radius 1 is 1.10 bits per heavy atom. The van der Waals surface area contributed by atoms with Crippen molar-refractivity contribution in [1.82, 2.24) is 15.0 Å². The van der Waals surface area contributed by atoms with Crippen LogP contribution in [0.1, 0.15) is 5.69 Å². The molecule has 5 heteroatoms. The van der Waals surface area contributed by atoms with E-state index >= 15 is 0 Å². The van der Waals surface area contributed by atoms with Crippen LogP contribution in [0.4, 0.5) is 10.2 Å². The van der Waals surface area contributed by atoms with Crippen molar-refractivity contribution in [2.75, 3.05) is 12.4 Å². The molecule has 0 atom stereocenters. The molecule has 0 bridgehead atoms. The van der Waals surface area contributed by atoms with Crippen LogP contribution in [-0.4, -0.2) is 22.0 Å². The second kappa shape index (κ2) is 4.85. The maximum Gasteiger partial charge on any atom is 0.186 e. The van der Waals surface area contributed by atoms with Crippen LogP contribution in [0, 0.1) is 12.7 Å². The molecular weight excluding hydrogens is 255 g/mol. The zero-order valence-corrected chi connectivity index (χ0v) is 11.2. The first-order valence-electron chi connectivity index (χ1n) is 6.26. The third kappa shape index (κ3) is 1.97. The van der Waals surface area contributed by atoms with Gasteiger partial charge < -0.3 is 5.32 Å². The van der Waals surface area contributed by atoms with Gasteiger partial charge in [0.2, 0.25) is 0 Å². The highest BCUT2D eigenvalue weighted by Crippen LogP contribution is 2.25. The van der Waals surface area contributed by atoms with Crippen LogP contribution in [0.3, 0.4) is 0 Å². The van der Waals surface area contributed by atoms with E-state index in [2.05, 4.69) is 20.3 Å². The lowest BCUT2D eigenvalue weighted by atomic mass is 10.1. The van der Waals surface area contributed by atoms with Gasteiger partial charge in [0.1, 0.15) is 5.69 Å². The Kier molecular flexibility index (Phi) is 3.02. The summed E-state index contributed by atoms with van der Waals surface area (Å²) in [6, 6.07) is 9.77. The minimum atomic E-state index is -0.434. The van der Waals surface area contributed by atoms with Crippen molar-refractivity contribution in [2.45, 2.75) is 6.92 Å². The number of hydrogen-bond donors (Lipinski definition) is 1. The maximum absolute atomic E-state index is 13.8. The predicted octanol–water partition coefficient (Wildman–Crippen LogP) is 3.18. The number of aromatic nitrogens is 3. The van der Waals surface area contributed by atoms with Gasteiger partial charge >= 0.3 is 0 Å². The Balaban J connectivity index is 2.28. The molecule has 0 amide bonds. The molecule has 0 saturated heterocycles. The van der Waals surface area contributed by atoms with Gasteiger partial charge in [-0.25, -0.2) is 14.4 Å². The zero-order chi connectivity index (χ0) is 14.1. The summed E-state index contributed by atoms with van der Waals surface area (Å²) in [7, 11) is 1.63. The van der Waals surface area contributed by atoms with Crippen molar-refractivity contribution in [3.63, 3.8) is 0 Å². The van der Waals surface area contributed by atoms with E-state index in [1.54, 1.807) is 20.2 Å². The van der Waals surface area contributed by atoms with E-state index in [-0.39, 0.29) is 5.82 Å². The third-order valence-corrected chi connectivity index (χ3v) is 3.14. The first-order chi connectivity index (χ1) is 9.70. The van der Waals surface area contributed by atoms with E-state index in [1.165, 1.54) is 0 Å². The molecule has 3 aromatic rings. The minimum Gasteiger partial charge on any atom is -0.371 e. The first-order valence-corrected chi connectivity index (χ1v) is 6.26.